The number of carboxylic acid groups (broad SMARTS) is 1. The lowest BCUT2D eigenvalue weighted by Crippen LogP contribution is -2.52. The summed E-state index contributed by atoms with van der Waals surface area (Å²) in [6.45, 7) is 2.56. The van der Waals surface area contributed by atoms with Crippen molar-refractivity contribution in [2.75, 3.05) is 20.3 Å². The third-order valence-electron chi connectivity index (χ3n) is 2.84. The van der Waals surface area contributed by atoms with Crippen LogP contribution in [0.25, 0.3) is 0 Å². The summed E-state index contributed by atoms with van der Waals surface area (Å²) in [5.41, 5.74) is 0. The SMILES string of the molecule is CCOC1CC(NC(=O)NCC(OC)C(=O)O)C1. The summed E-state index contributed by atoms with van der Waals surface area (Å²) in [7, 11) is 1.29. The molecule has 1 unspecified atom stereocenters. The van der Waals surface area contributed by atoms with Crippen LogP contribution in [0.15, 0.2) is 0 Å². The molecule has 3 N–H and O–H groups in total. The molecule has 1 aliphatic rings. The van der Waals surface area contributed by atoms with Gasteiger partial charge in [-0.2, -0.15) is 0 Å². The lowest BCUT2D eigenvalue weighted by atomic mass is 9.89. The van der Waals surface area contributed by atoms with Gasteiger partial charge in [0.05, 0.1) is 12.6 Å². The number of amides is 2. The normalized spacial score (nSPS) is 23.9. The van der Waals surface area contributed by atoms with Crippen LogP contribution in [0.5, 0.6) is 0 Å². The number of hydrogen-bond donors (Lipinski definition) is 3. The molecule has 7 heteroatoms. The summed E-state index contributed by atoms with van der Waals surface area (Å²) in [6.07, 6.45) is 0.807. The van der Waals surface area contributed by atoms with E-state index in [2.05, 4.69) is 10.6 Å². The van der Waals surface area contributed by atoms with Gasteiger partial charge >= 0.3 is 12.0 Å². The summed E-state index contributed by atoms with van der Waals surface area (Å²) >= 11 is 0. The largest absolute Gasteiger partial charge is 0.479 e. The van der Waals surface area contributed by atoms with Crippen molar-refractivity contribution in [3.05, 3.63) is 0 Å². The number of urea groups is 1. The first-order valence-electron chi connectivity index (χ1n) is 5.98. The van der Waals surface area contributed by atoms with Gasteiger partial charge in [0.2, 0.25) is 0 Å². The van der Waals surface area contributed by atoms with Crippen molar-refractivity contribution in [1.82, 2.24) is 10.6 Å². The first-order chi connectivity index (χ1) is 8.56. The molecule has 7 nitrogen and oxygen atoms in total. The zero-order valence-electron chi connectivity index (χ0n) is 10.6. The average molecular weight is 260 g/mol. The standard InChI is InChI=1S/C11H20N2O5/c1-3-18-8-4-7(5-8)13-11(16)12-6-9(17-2)10(14)15/h7-9H,3-6H2,1-2H3,(H,14,15)(H2,12,13,16). The van der Waals surface area contributed by atoms with Crippen LogP contribution in [0.3, 0.4) is 0 Å². The Bertz CT molecular complexity index is 291. The molecule has 18 heavy (non-hydrogen) atoms. The molecule has 0 saturated heterocycles. The zero-order valence-corrected chi connectivity index (χ0v) is 10.6. The molecule has 0 heterocycles. The summed E-state index contributed by atoms with van der Waals surface area (Å²) in [5, 5.41) is 13.9. The van der Waals surface area contributed by atoms with Crippen LogP contribution in [-0.4, -0.2) is 55.6 Å². The number of rotatable bonds is 7. The van der Waals surface area contributed by atoms with E-state index < -0.39 is 12.1 Å². The monoisotopic (exact) mass is 260 g/mol. The van der Waals surface area contributed by atoms with Crippen LogP contribution < -0.4 is 10.6 Å². The molecule has 0 aromatic carbocycles. The van der Waals surface area contributed by atoms with E-state index in [0.29, 0.717) is 6.61 Å². The summed E-state index contributed by atoms with van der Waals surface area (Å²) in [5.74, 6) is -1.10. The molecule has 0 aliphatic heterocycles. The fourth-order valence-corrected chi connectivity index (χ4v) is 1.75. The molecule has 1 aliphatic carbocycles. The minimum Gasteiger partial charge on any atom is -0.479 e. The maximum Gasteiger partial charge on any atom is 0.334 e. The van der Waals surface area contributed by atoms with E-state index in [1.165, 1.54) is 7.11 Å². The third-order valence-corrected chi connectivity index (χ3v) is 2.84. The minimum atomic E-state index is -1.10. The van der Waals surface area contributed by atoms with E-state index in [9.17, 15) is 9.59 Å². The lowest BCUT2D eigenvalue weighted by Gasteiger charge is -2.35. The molecule has 0 radical (unpaired) electrons. The van der Waals surface area contributed by atoms with Crippen molar-refractivity contribution in [3.63, 3.8) is 0 Å². The fraction of sp³-hybridized carbons (Fsp3) is 0.818. The van der Waals surface area contributed by atoms with Gasteiger partial charge in [0.15, 0.2) is 6.10 Å². The van der Waals surface area contributed by atoms with Crippen LogP contribution in [0, 0.1) is 0 Å². The zero-order chi connectivity index (χ0) is 13.5. The number of carbonyl (C=O) groups is 2. The van der Waals surface area contributed by atoms with Gasteiger partial charge in [-0.15, -0.1) is 0 Å². The Morgan fingerprint density at radius 1 is 1.44 bits per heavy atom. The first-order valence-corrected chi connectivity index (χ1v) is 5.98. The Labute approximate surface area is 106 Å². The van der Waals surface area contributed by atoms with Gasteiger partial charge in [0, 0.05) is 19.8 Å². The maximum atomic E-state index is 11.4. The van der Waals surface area contributed by atoms with Crippen molar-refractivity contribution in [2.45, 2.75) is 38.0 Å². The molecule has 2 amide bonds. The quantitative estimate of drug-likeness (QED) is 0.596. The number of methoxy groups -OCH3 is 1. The molecule has 1 rings (SSSR count). The molecule has 0 aromatic rings. The topological polar surface area (TPSA) is 96.9 Å². The number of carboxylic acids is 1. The van der Waals surface area contributed by atoms with Crippen LogP contribution in [0.2, 0.25) is 0 Å². The number of hydrogen-bond acceptors (Lipinski definition) is 4. The van der Waals surface area contributed by atoms with Gasteiger partial charge in [-0.3, -0.25) is 0 Å². The average Bonchev–Trinajstić information content (AvgIpc) is 2.26. The van der Waals surface area contributed by atoms with E-state index in [-0.39, 0.29) is 24.7 Å². The maximum absolute atomic E-state index is 11.4. The highest BCUT2D eigenvalue weighted by molar-refractivity contribution is 5.77. The molecular formula is C11H20N2O5. The van der Waals surface area contributed by atoms with Gasteiger partial charge in [0.25, 0.3) is 0 Å². The number of carbonyl (C=O) groups excluding carboxylic acids is 1. The van der Waals surface area contributed by atoms with Crippen molar-refractivity contribution in [1.29, 1.82) is 0 Å². The predicted octanol–water partition coefficient (Wildman–Crippen LogP) is -0.0473. The Morgan fingerprint density at radius 3 is 2.61 bits per heavy atom. The Hall–Kier alpha value is -1.34. The third kappa shape index (κ3) is 4.50. The Morgan fingerprint density at radius 2 is 2.11 bits per heavy atom. The molecule has 1 fully saturated rings. The summed E-state index contributed by atoms with van der Waals surface area (Å²) in [4.78, 5) is 22.1. The Balaban J connectivity index is 2.13. The van der Waals surface area contributed by atoms with Crippen molar-refractivity contribution >= 4 is 12.0 Å². The van der Waals surface area contributed by atoms with Crippen molar-refractivity contribution < 1.29 is 24.2 Å². The number of aliphatic carboxylic acids is 1. The van der Waals surface area contributed by atoms with E-state index in [1.807, 2.05) is 6.92 Å². The van der Waals surface area contributed by atoms with Crippen LogP contribution in [-0.2, 0) is 14.3 Å². The predicted molar refractivity (Wildman–Crippen MR) is 63.4 cm³/mol. The van der Waals surface area contributed by atoms with Crippen LogP contribution >= 0.6 is 0 Å². The van der Waals surface area contributed by atoms with E-state index >= 15 is 0 Å². The second kappa shape index (κ2) is 7.17. The van der Waals surface area contributed by atoms with E-state index in [0.717, 1.165) is 12.8 Å². The molecule has 1 saturated carbocycles. The van der Waals surface area contributed by atoms with Gasteiger partial charge in [-0.05, 0) is 19.8 Å². The van der Waals surface area contributed by atoms with Gasteiger partial charge in [0.1, 0.15) is 0 Å². The van der Waals surface area contributed by atoms with Gasteiger partial charge in [-0.1, -0.05) is 0 Å². The van der Waals surface area contributed by atoms with Gasteiger partial charge in [-0.25, -0.2) is 9.59 Å². The minimum absolute atomic E-state index is 0.0563. The molecule has 0 spiro atoms. The van der Waals surface area contributed by atoms with Crippen LogP contribution in [0.1, 0.15) is 19.8 Å². The highest BCUT2D eigenvalue weighted by atomic mass is 16.5. The number of ether oxygens (including phenoxy) is 2. The van der Waals surface area contributed by atoms with Crippen LogP contribution in [0.4, 0.5) is 4.79 Å². The molecule has 0 bridgehead atoms. The first kappa shape index (κ1) is 14.7. The van der Waals surface area contributed by atoms with E-state index in [1.54, 1.807) is 0 Å². The van der Waals surface area contributed by atoms with Crippen molar-refractivity contribution in [3.8, 4) is 0 Å². The smallest absolute Gasteiger partial charge is 0.334 e. The summed E-state index contributed by atoms with van der Waals surface area (Å²) < 4.78 is 10.1. The van der Waals surface area contributed by atoms with E-state index in [4.69, 9.17) is 14.6 Å². The van der Waals surface area contributed by atoms with Crippen molar-refractivity contribution in [2.24, 2.45) is 0 Å². The molecule has 0 aromatic heterocycles. The highest BCUT2D eigenvalue weighted by Crippen LogP contribution is 2.22. The second-order valence-corrected chi connectivity index (χ2v) is 4.16. The fourth-order valence-electron chi connectivity index (χ4n) is 1.75. The lowest BCUT2D eigenvalue weighted by molar-refractivity contribution is -0.147. The number of nitrogens with one attached hydrogen (secondary N) is 2. The highest BCUT2D eigenvalue weighted by Gasteiger charge is 2.30. The Kier molecular flexibility index (Phi) is 5.87. The second-order valence-electron chi connectivity index (χ2n) is 4.16. The van der Waals surface area contributed by atoms with Gasteiger partial charge < -0.3 is 25.2 Å². The molecule has 1 atom stereocenters. The molecule has 104 valence electrons. The molecular weight excluding hydrogens is 240 g/mol. The summed E-state index contributed by atoms with van der Waals surface area (Å²) in [6, 6.07) is -0.273.